The smallest absolute Gasteiger partial charge is 0.289 e. The Bertz CT molecular complexity index is 711. The van der Waals surface area contributed by atoms with Crippen molar-refractivity contribution >= 4 is 21.6 Å². The molecule has 0 spiro atoms. The SMILES string of the molecule is CC(N)C(=O)N1CCN(S(=O)(=O)c2ccccc2[N+](=O)[O-])CC1. The Balaban J connectivity index is 2.20. The zero-order chi connectivity index (χ0) is 17.2. The molecular formula is C13H18N4O5S. The molecule has 10 heteroatoms. The van der Waals surface area contributed by atoms with E-state index in [4.69, 9.17) is 5.73 Å². The van der Waals surface area contributed by atoms with Gasteiger partial charge in [0.25, 0.3) is 5.69 Å². The van der Waals surface area contributed by atoms with Crippen LogP contribution in [-0.4, -0.2) is 60.7 Å². The van der Waals surface area contributed by atoms with Crippen LogP contribution in [0.2, 0.25) is 0 Å². The second-order valence-corrected chi connectivity index (χ2v) is 7.15. The lowest BCUT2D eigenvalue weighted by atomic mass is 10.2. The third-order valence-electron chi connectivity index (χ3n) is 3.62. The summed E-state index contributed by atoms with van der Waals surface area (Å²) in [6.45, 7) is 2.14. The van der Waals surface area contributed by atoms with Gasteiger partial charge in [-0.25, -0.2) is 8.42 Å². The summed E-state index contributed by atoms with van der Waals surface area (Å²) in [7, 11) is -3.98. The number of nitro benzene ring substituents is 1. The summed E-state index contributed by atoms with van der Waals surface area (Å²) in [5.41, 5.74) is 5.08. The van der Waals surface area contributed by atoms with Crippen molar-refractivity contribution in [3.8, 4) is 0 Å². The average molecular weight is 342 g/mol. The van der Waals surface area contributed by atoms with Crippen LogP contribution < -0.4 is 5.73 Å². The van der Waals surface area contributed by atoms with Gasteiger partial charge in [-0.3, -0.25) is 14.9 Å². The molecule has 1 fully saturated rings. The van der Waals surface area contributed by atoms with Crippen molar-refractivity contribution in [3.05, 3.63) is 34.4 Å². The number of hydrogen-bond acceptors (Lipinski definition) is 6. The summed E-state index contributed by atoms with van der Waals surface area (Å²) in [5.74, 6) is -0.243. The van der Waals surface area contributed by atoms with E-state index in [1.165, 1.54) is 23.1 Å². The first-order valence-electron chi connectivity index (χ1n) is 7.03. The molecule has 0 saturated carbocycles. The number of carbonyl (C=O) groups excluding carboxylic acids is 1. The van der Waals surface area contributed by atoms with Gasteiger partial charge in [0.05, 0.1) is 11.0 Å². The average Bonchev–Trinajstić information content (AvgIpc) is 2.54. The van der Waals surface area contributed by atoms with E-state index in [1.54, 1.807) is 6.92 Å². The predicted molar refractivity (Wildman–Crippen MR) is 82.1 cm³/mol. The minimum atomic E-state index is -3.98. The molecule has 1 aliphatic rings. The van der Waals surface area contributed by atoms with Crippen LogP contribution in [0.25, 0.3) is 0 Å². The number of para-hydroxylation sites is 1. The molecule has 9 nitrogen and oxygen atoms in total. The van der Waals surface area contributed by atoms with Crippen LogP contribution in [0.4, 0.5) is 5.69 Å². The fourth-order valence-corrected chi connectivity index (χ4v) is 3.98. The molecule has 0 bridgehead atoms. The molecule has 1 aliphatic heterocycles. The Labute approximate surface area is 133 Å². The van der Waals surface area contributed by atoms with E-state index < -0.39 is 26.7 Å². The van der Waals surface area contributed by atoms with Gasteiger partial charge in [-0.1, -0.05) is 12.1 Å². The summed E-state index contributed by atoms with van der Waals surface area (Å²) in [4.78, 5) is 23.3. The van der Waals surface area contributed by atoms with Crippen LogP contribution in [0.3, 0.4) is 0 Å². The van der Waals surface area contributed by atoms with E-state index in [0.717, 1.165) is 10.4 Å². The zero-order valence-electron chi connectivity index (χ0n) is 12.6. The van der Waals surface area contributed by atoms with Crippen molar-refractivity contribution in [1.29, 1.82) is 0 Å². The molecular weight excluding hydrogens is 324 g/mol. The maximum Gasteiger partial charge on any atom is 0.289 e. The quantitative estimate of drug-likeness (QED) is 0.595. The number of rotatable bonds is 4. The molecule has 2 N–H and O–H groups in total. The lowest BCUT2D eigenvalue weighted by Gasteiger charge is -2.34. The van der Waals surface area contributed by atoms with Crippen LogP contribution in [-0.2, 0) is 14.8 Å². The number of nitrogens with two attached hydrogens (primary N) is 1. The summed E-state index contributed by atoms with van der Waals surface area (Å²) >= 11 is 0. The first kappa shape index (κ1) is 17.3. The standard InChI is InChI=1S/C13H18N4O5S/c1-10(14)13(18)15-6-8-16(9-7-15)23(21,22)12-5-3-2-4-11(12)17(19)20/h2-5,10H,6-9,14H2,1H3. The molecule has 1 heterocycles. The molecule has 1 saturated heterocycles. The van der Waals surface area contributed by atoms with Gasteiger partial charge in [-0.2, -0.15) is 4.31 Å². The fourth-order valence-electron chi connectivity index (χ4n) is 2.40. The van der Waals surface area contributed by atoms with Crippen LogP contribution in [0, 0.1) is 10.1 Å². The molecule has 0 aliphatic carbocycles. The Morgan fingerprint density at radius 1 is 1.26 bits per heavy atom. The summed E-state index contributed by atoms with van der Waals surface area (Å²) in [6, 6.07) is 4.58. The first-order valence-corrected chi connectivity index (χ1v) is 8.47. The number of benzene rings is 1. The van der Waals surface area contributed by atoms with E-state index in [0.29, 0.717) is 0 Å². The number of hydrogen-bond donors (Lipinski definition) is 1. The van der Waals surface area contributed by atoms with Crippen molar-refractivity contribution in [2.45, 2.75) is 17.9 Å². The van der Waals surface area contributed by atoms with Crippen molar-refractivity contribution in [2.24, 2.45) is 5.73 Å². The molecule has 23 heavy (non-hydrogen) atoms. The molecule has 2 rings (SSSR count). The molecule has 1 aromatic carbocycles. The summed E-state index contributed by atoms with van der Waals surface area (Å²) < 4.78 is 26.4. The van der Waals surface area contributed by atoms with E-state index in [2.05, 4.69) is 0 Å². The zero-order valence-corrected chi connectivity index (χ0v) is 13.4. The second-order valence-electron chi connectivity index (χ2n) is 5.24. The lowest BCUT2D eigenvalue weighted by molar-refractivity contribution is -0.387. The summed E-state index contributed by atoms with van der Waals surface area (Å²) in [6.07, 6.45) is 0. The normalized spacial score (nSPS) is 17.7. The van der Waals surface area contributed by atoms with Gasteiger partial charge in [0.2, 0.25) is 15.9 Å². The van der Waals surface area contributed by atoms with Gasteiger partial charge in [0, 0.05) is 32.2 Å². The summed E-state index contributed by atoms with van der Waals surface area (Å²) in [5, 5.41) is 11.0. The highest BCUT2D eigenvalue weighted by Gasteiger charge is 2.34. The van der Waals surface area contributed by atoms with Gasteiger partial charge < -0.3 is 10.6 Å². The second kappa shape index (κ2) is 6.60. The van der Waals surface area contributed by atoms with Crippen molar-refractivity contribution in [1.82, 2.24) is 9.21 Å². The van der Waals surface area contributed by atoms with Crippen molar-refractivity contribution in [3.63, 3.8) is 0 Å². The largest absolute Gasteiger partial charge is 0.339 e. The van der Waals surface area contributed by atoms with Gasteiger partial charge in [0.1, 0.15) is 0 Å². The maximum atomic E-state index is 12.6. The number of carbonyl (C=O) groups is 1. The Morgan fingerprint density at radius 3 is 2.35 bits per heavy atom. The Morgan fingerprint density at radius 2 is 1.83 bits per heavy atom. The number of sulfonamides is 1. The molecule has 0 aromatic heterocycles. The van der Waals surface area contributed by atoms with E-state index in [1.807, 2.05) is 0 Å². The Hall–Kier alpha value is -2.04. The van der Waals surface area contributed by atoms with Crippen LogP contribution in [0.15, 0.2) is 29.2 Å². The molecule has 0 radical (unpaired) electrons. The minimum absolute atomic E-state index is 0.0762. The molecule has 126 valence electrons. The Kier molecular flexibility index (Phi) is 4.97. The number of piperazine rings is 1. The molecule has 1 aromatic rings. The van der Waals surface area contributed by atoms with E-state index in [-0.39, 0.29) is 37.0 Å². The number of amides is 1. The fraction of sp³-hybridized carbons (Fsp3) is 0.462. The number of nitro groups is 1. The topological polar surface area (TPSA) is 127 Å². The van der Waals surface area contributed by atoms with Crippen molar-refractivity contribution < 1.29 is 18.1 Å². The minimum Gasteiger partial charge on any atom is -0.339 e. The van der Waals surface area contributed by atoms with Gasteiger partial charge in [-0.15, -0.1) is 0 Å². The number of nitrogens with zero attached hydrogens (tertiary/aromatic N) is 3. The molecule has 1 atom stereocenters. The van der Waals surface area contributed by atoms with Gasteiger partial charge in [-0.05, 0) is 13.0 Å². The first-order chi connectivity index (χ1) is 10.7. The highest BCUT2D eigenvalue weighted by atomic mass is 32.2. The monoisotopic (exact) mass is 342 g/mol. The predicted octanol–water partition coefficient (Wildman–Crippen LogP) is -0.225. The van der Waals surface area contributed by atoms with Gasteiger partial charge in [0.15, 0.2) is 4.90 Å². The third-order valence-corrected chi connectivity index (χ3v) is 5.57. The van der Waals surface area contributed by atoms with Gasteiger partial charge >= 0.3 is 0 Å². The van der Waals surface area contributed by atoms with E-state index >= 15 is 0 Å². The van der Waals surface area contributed by atoms with Crippen LogP contribution in [0.5, 0.6) is 0 Å². The van der Waals surface area contributed by atoms with Crippen molar-refractivity contribution in [2.75, 3.05) is 26.2 Å². The van der Waals surface area contributed by atoms with E-state index in [9.17, 15) is 23.3 Å². The molecule has 1 unspecified atom stereocenters. The maximum absolute atomic E-state index is 12.6. The van der Waals surface area contributed by atoms with Crippen LogP contribution >= 0.6 is 0 Å². The highest BCUT2D eigenvalue weighted by Crippen LogP contribution is 2.26. The highest BCUT2D eigenvalue weighted by molar-refractivity contribution is 7.89. The molecule has 1 amide bonds. The third kappa shape index (κ3) is 3.49. The van der Waals surface area contributed by atoms with Crippen LogP contribution in [0.1, 0.15) is 6.92 Å². The lowest BCUT2D eigenvalue weighted by Crippen LogP contribution is -2.53.